The van der Waals surface area contributed by atoms with Crippen molar-refractivity contribution in [3.63, 3.8) is 0 Å². The van der Waals surface area contributed by atoms with Crippen LogP contribution in [0, 0.1) is 6.92 Å². The number of carbonyl (C=O) groups excluding carboxylic acids is 1. The quantitative estimate of drug-likeness (QED) is 0.820. The number of benzene rings is 1. The molecular weight excluding hydrogens is 269 g/mol. The molecule has 1 aromatic carbocycles. The van der Waals surface area contributed by atoms with Crippen LogP contribution in [0.1, 0.15) is 41.6 Å². The molecule has 1 saturated carbocycles. The van der Waals surface area contributed by atoms with E-state index in [4.69, 9.17) is 23.2 Å². The van der Waals surface area contributed by atoms with Crippen molar-refractivity contribution in [3.8, 4) is 0 Å². The summed E-state index contributed by atoms with van der Waals surface area (Å²) >= 11 is 12.1. The first-order valence-electron chi connectivity index (χ1n) is 6.27. The number of halogens is 2. The second-order valence-corrected chi connectivity index (χ2v) is 5.91. The number of aryl methyl sites for hydroxylation is 1. The summed E-state index contributed by atoms with van der Waals surface area (Å²) in [6.45, 7) is 1.92. The summed E-state index contributed by atoms with van der Waals surface area (Å²) in [5, 5.41) is 3.95. The summed E-state index contributed by atoms with van der Waals surface area (Å²) in [6, 6.07) is 5.64. The van der Waals surface area contributed by atoms with Crippen LogP contribution in [0.3, 0.4) is 0 Å². The molecule has 0 bridgehead atoms. The molecule has 98 valence electrons. The van der Waals surface area contributed by atoms with Gasteiger partial charge in [0.25, 0.3) is 5.91 Å². The van der Waals surface area contributed by atoms with Gasteiger partial charge in [-0.2, -0.15) is 0 Å². The van der Waals surface area contributed by atoms with Crippen molar-refractivity contribution in [2.75, 3.05) is 0 Å². The minimum absolute atomic E-state index is 0.0464. The average Bonchev–Trinajstić information content (AvgIpc) is 2.35. The highest BCUT2D eigenvalue weighted by Gasteiger charge is 2.21. The Labute approximate surface area is 118 Å². The van der Waals surface area contributed by atoms with Crippen molar-refractivity contribution in [3.05, 3.63) is 34.3 Å². The number of alkyl halides is 1. The highest BCUT2D eigenvalue weighted by Crippen LogP contribution is 2.23. The number of hydrogen-bond donors (Lipinski definition) is 1. The maximum atomic E-state index is 12.1. The number of carbonyl (C=O) groups is 1. The maximum Gasteiger partial charge on any atom is 0.251 e. The lowest BCUT2D eigenvalue weighted by Crippen LogP contribution is -2.37. The number of amides is 1. The minimum Gasteiger partial charge on any atom is -0.349 e. The summed E-state index contributed by atoms with van der Waals surface area (Å²) in [6.07, 6.45) is 3.86. The van der Waals surface area contributed by atoms with Gasteiger partial charge >= 0.3 is 0 Å². The fourth-order valence-electron chi connectivity index (χ4n) is 2.20. The fourth-order valence-corrected chi connectivity index (χ4v) is 2.63. The van der Waals surface area contributed by atoms with E-state index in [2.05, 4.69) is 5.32 Å². The molecule has 2 rings (SSSR count). The van der Waals surface area contributed by atoms with Gasteiger partial charge in [-0.25, -0.2) is 0 Å². The Hall–Kier alpha value is -0.730. The third kappa shape index (κ3) is 3.39. The Balaban J connectivity index is 1.97. The van der Waals surface area contributed by atoms with E-state index in [1.54, 1.807) is 6.07 Å². The first kappa shape index (κ1) is 13.7. The largest absolute Gasteiger partial charge is 0.349 e. The van der Waals surface area contributed by atoms with Gasteiger partial charge < -0.3 is 5.32 Å². The van der Waals surface area contributed by atoms with Gasteiger partial charge in [-0.1, -0.05) is 17.7 Å². The van der Waals surface area contributed by atoms with Crippen molar-refractivity contribution in [2.24, 2.45) is 0 Å². The Kier molecular flexibility index (Phi) is 4.52. The van der Waals surface area contributed by atoms with Crippen LogP contribution in [0.5, 0.6) is 0 Å². The van der Waals surface area contributed by atoms with Crippen LogP contribution in [-0.2, 0) is 0 Å². The lowest BCUT2D eigenvalue weighted by molar-refractivity contribution is 0.0928. The summed E-state index contributed by atoms with van der Waals surface area (Å²) < 4.78 is 0. The van der Waals surface area contributed by atoms with Gasteiger partial charge in [-0.3, -0.25) is 4.79 Å². The lowest BCUT2D eigenvalue weighted by atomic mass is 9.95. The molecule has 1 aliphatic rings. The summed E-state index contributed by atoms with van der Waals surface area (Å²) in [5.74, 6) is -0.0464. The van der Waals surface area contributed by atoms with Gasteiger partial charge in [0.2, 0.25) is 0 Å². The van der Waals surface area contributed by atoms with E-state index >= 15 is 0 Å². The van der Waals surface area contributed by atoms with Gasteiger partial charge in [-0.15, -0.1) is 11.6 Å². The second-order valence-electron chi connectivity index (χ2n) is 4.89. The maximum absolute atomic E-state index is 12.1. The predicted octanol–water partition coefficient (Wildman–Crippen LogP) is 3.93. The summed E-state index contributed by atoms with van der Waals surface area (Å²) in [5.41, 5.74) is 1.61. The van der Waals surface area contributed by atoms with Crippen molar-refractivity contribution in [2.45, 2.75) is 44.0 Å². The SMILES string of the molecule is Cc1ccc(C(=O)NC2CCC(Cl)CC2)cc1Cl. The van der Waals surface area contributed by atoms with Crippen molar-refractivity contribution in [1.29, 1.82) is 0 Å². The molecule has 1 amide bonds. The van der Waals surface area contributed by atoms with E-state index in [0.29, 0.717) is 10.6 Å². The molecule has 4 heteroatoms. The zero-order valence-corrected chi connectivity index (χ0v) is 11.9. The molecule has 0 heterocycles. The Bertz CT molecular complexity index is 439. The number of hydrogen-bond acceptors (Lipinski definition) is 1. The Morgan fingerprint density at radius 2 is 1.94 bits per heavy atom. The predicted molar refractivity (Wildman–Crippen MR) is 75.6 cm³/mol. The molecule has 0 radical (unpaired) electrons. The normalized spacial score (nSPS) is 23.7. The van der Waals surface area contributed by atoms with E-state index in [1.807, 2.05) is 19.1 Å². The molecule has 0 unspecified atom stereocenters. The molecule has 1 aliphatic carbocycles. The van der Waals surface area contributed by atoms with Crippen LogP contribution in [0.25, 0.3) is 0 Å². The van der Waals surface area contributed by atoms with Crippen LogP contribution in [0.15, 0.2) is 18.2 Å². The molecule has 18 heavy (non-hydrogen) atoms. The average molecular weight is 286 g/mol. The minimum atomic E-state index is -0.0464. The van der Waals surface area contributed by atoms with Gasteiger partial charge in [-0.05, 0) is 50.3 Å². The number of rotatable bonds is 2. The van der Waals surface area contributed by atoms with E-state index in [0.717, 1.165) is 31.2 Å². The third-order valence-electron chi connectivity index (χ3n) is 3.43. The second kappa shape index (κ2) is 5.94. The molecule has 0 aliphatic heterocycles. The molecule has 0 atom stereocenters. The molecule has 1 aromatic rings. The first-order valence-corrected chi connectivity index (χ1v) is 7.09. The zero-order chi connectivity index (χ0) is 13.1. The first-order chi connectivity index (χ1) is 8.56. The lowest BCUT2D eigenvalue weighted by Gasteiger charge is -2.25. The van der Waals surface area contributed by atoms with Crippen molar-refractivity contribution < 1.29 is 4.79 Å². The van der Waals surface area contributed by atoms with Crippen molar-refractivity contribution >= 4 is 29.1 Å². The topological polar surface area (TPSA) is 29.1 Å². The monoisotopic (exact) mass is 285 g/mol. The molecule has 0 spiro atoms. The Morgan fingerprint density at radius 1 is 1.28 bits per heavy atom. The number of nitrogens with one attached hydrogen (secondary N) is 1. The van der Waals surface area contributed by atoms with Gasteiger partial charge in [0.05, 0.1) is 0 Å². The van der Waals surface area contributed by atoms with E-state index < -0.39 is 0 Å². The molecule has 0 saturated heterocycles. The Morgan fingerprint density at radius 3 is 2.56 bits per heavy atom. The van der Waals surface area contributed by atoms with Crippen LogP contribution >= 0.6 is 23.2 Å². The third-order valence-corrected chi connectivity index (χ3v) is 4.27. The van der Waals surface area contributed by atoms with E-state index in [9.17, 15) is 4.79 Å². The van der Waals surface area contributed by atoms with Crippen LogP contribution < -0.4 is 5.32 Å². The van der Waals surface area contributed by atoms with Gasteiger partial charge in [0.1, 0.15) is 0 Å². The van der Waals surface area contributed by atoms with Gasteiger partial charge in [0.15, 0.2) is 0 Å². The molecule has 2 nitrogen and oxygen atoms in total. The zero-order valence-electron chi connectivity index (χ0n) is 10.4. The van der Waals surface area contributed by atoms with E-state index in [1.165, 1.54) is 0 Å². The fraction of sp³-hybridized carbons (Fsp3) is 0.500. The molecular formula is C14H17Cl2NO. The summed E-state index contributed by atoms with van der Waals surface area (Å²) in [4.78, 5) is 12.1. The van der Waals surface area contributed by atoms with E-state index in [-0.39, 0.29) is 17.3 Å². The van der Waals surface area contributed by atoms with Crippen LogP contribution in [-0.4, -0.2) is 17.3 Å². The standard InChI is InChI=1S/C14H17Cl2NO/c1-9-2-3-10(8-13(9)16)14(18)17-12-6-4-11(15)5-7-12/h2-3,8,11-12H,4-7H2,1H3,(H,17,18). The molecule has 1 fully saturated rings. The van der Waals surface area contributed by atoms with Gasteiger partial charge in [0, 0.05) is 22.0 Å². The highest BCUT2D eigenvalue weighted by molar-refractivity contribution is 6.31. The molecule has 0 aromatic heterocycles. The smallest absolute Gasteiger partial charge is 0.251 e. The van der Waals surface area contributed by atoms with Crippen LogP contribution in [0.4, 0.5) is 0 Å². The highest BCUT2D eigenvalue weighted by atomic mass is 35.5. The van der Waals surface area contributed by atoms with Crippen LogP contribution in [0.2, 0.25) is 5.02 Å². The summed E-state index contributed by atoms with van der Waals surface area (Å²) in [7, 11) is 0. The molecule has 1 N–H and O–H groups in total. The van der Waals surface area contributed by atoms with Crippen molar-refractivity contribution in [1.82, 2.24) is 5.32 Å².